The highest BCUT2D eigenvalue weighted by Crippen LogP contribution is 2.41. The molecule has 0 heterocycles. The predicted molar refractivity (Wildman–Crippen MR) is 72.1 cm³/mol. The summed E-state index contributed by atoms with van der Waals surface area (Å²) in [7, 11) is 1.54. The van der Waals surface area contributed by atoms with Crippen LogP contribution in [0.2, 0.25) is 0 Å². The van der Waals surface area contributed by atoms with Crippen molar-refractivity contribution in [2.24, 2.45) is 11.8 Å². The van der Waals surface area contributed by atoms with Gasteiger partial charge in [-0.3, -0.25) is 9.10 Å². The maximum absolute atomic E-state index is 12.1. The van der Waals surface area contributed by atoms with Crippen molar-refractivity contribution < 1.29 is 9.59 Å². The molecule has 0 aromatic rings. The lowest BCUT2D eigenvalue weighted by atomic mass is 9.83. The average Bonchev–Trinajstić information content (AvgIpc) is 2.25. The van der Waals surface area contributed by atoms with Crippen LogP contribution in [-0.2, 0) is 9.59 Å². The summed E-state index contributed by atoms with van der Waals surface area (Å²) in [6.07, 6.45) is 5.76. The molecular weight excluding hydrogens is 305 g/mol. The number of halogens is 3. The number of hydrogen-bond acceptors (Lipinski definition) is 3. The Hall–Kier alpha value is 0.1000. The summed E-state index contributed by atoms with van der Waals surface area (Å²) in [4.78, 5) is 23.0. The SMILES string of the molecule is CN(SC(Cl)(Cl)Cl)C(=O)C1CC=CCC1C=O. The van der Waals surface area contributed by atoms with Crippen molar-refractivity contribution in [1.82, 2.24) is 4.31 Å². The van der Waals surface area contributed by atoms with Crippen LogP contribution in [0.1, 0.15) is 12.8 Å². The van der Waals surface area contributed by atoms with E-state index in [4.69, 9.17) is 34.8 Å². The first-order chi connectivity index (χ1) is 7.85. The third kappa shape index (κ3) is 4.70. The molecular formula is C10H12Cl3NO2S. The van der Waals surface area contributed by atoms with E-state index in [1.54, 1.807) is 0 Å². The van der Waals surface area contributed by atoms with E-state index in [0.29, 0.717) is 12.8 Å². The number of amides is 1. The molecule has 2 atom stereocenters. The number of nitrogens with zero attached hydrogens (tertiary/aromatic N) is 1. The first kappa shape index (κ1) is 15.2. The summed E-state index contributed by atoms with van der Waals surface area (Å²) in [6.45, 7) is 0. The van der Waals surface area contributed by atoms with Crippen molar-refractivity contribution in [1.29, 1.82) is 0 Å². The highest BCUT2D eigenvalue weighted by Gasteiger charge is 2.34. The van der Waals surface area contributed by atoms with Crippen LogP contribution in [0.5, 0.6) is 0 Å². The fourth-order valence-corrected chi connectivity index (χ4v) is 3.17. The minimum Gasteiger partial charge on any atom is -0.303 e. The fourth-order valence-electron chi connectivity index (χ4n) is 1.70. The largest absolute Gasteiger partial charge is 0.303 e. The molecule has 0 bridgehead atoms. The minimum absolute atomic E-state index is 0.192. The number of carbonyl (C=O) groups excluding carboxylic acids is 2. The monoisotopic (exact) mass is 315 g/mol. The molecule has 2 unspecified atom stereocenters. The second-order valence-corrected chi connectivity index (χ2v) is 8.02. The number of aldehydes is 1. The van der Waals surface area contributed by atoms with E-state index >= 15 is 0 Å². The molecule has 0 aromatic heterocycles. The van der Waals surface area contributed by atoms with Gasteiger partial charge in [0.1, 0.15) is 6.29 Å². The molecule has 7 heteroatoms. The minimum atomic E-state index is -1.58. The van der Waals surface area contributed by atoms with E-state index in [0.717, 1.165) is 18.2 Å². The lowest BCUT2D eigenvalue weighted by molar-refractivity contribution is -0.133. The number of carbonyl (C=O) groups is 2. The van der Waals surface area contributed by atoms with Gasteiger partial charge in [0.25, 0.3) is 3.12 Å². The van der Waals surface area contributed by atoms with Crippen molar-refractivity contribution in [2.45, 2.75) is 16.0 Å². The second kappa shape index (κ2) is 6.32. The normalized spacial score (nSPS) is 24.5. The van der Waals surface area contributed by atoms with Gasteiger partial charge in [-0.05, 0) is 12.8 Å². The van der Waals surface area contributed by atoms with E-state index in [-0.39, 0.29) is 17.7 Å². The number of alkyl halides is 3. The molecule has 1 aliphatic rings. The van der Waals surface area contributed by atoms with Gasteiger partial charge in [-0.1, -0.05) is 47.0 Å². The summed E-state index contributed by atoms with van der Waals surface area (Å²) in [5.74, 6) is -0.837. The van der Waals surface area contributed by atoms with Crippen LogP contribution >= 0.6 is 46.8 Å². The van der Waals surface area contributed by atoms with Crippen molar-refractivity contribution in [3.05, 3.63) is 12.2 Å². The zero-order chi connectivity index (χ0) is 13.1. The van der Waals surface area contributed by atoms with Gasteiger partial charge in [-0.15, -0.1) is 0 Å². The van der Waals surface area contributed by atoms with Gasteiger partial charge in [-0.2, -0.15) is 0 Å². The Morgan fingerprint density at radius 2 is 2.00 bits per heavy atom. The van der Waals surface area contributed by atoms with Gasteiger partial charge in [0.2, 0.25) is 5.91 Å². The average molecular weight is 317 g/mol. The van der Waals surface area contributed by atoms with Crippen molar-refractivity contribution >= 4 is 58.9 Å². The third-order valence-corrected chi connectivity index (χ3v) is 3.81. The molecule has 0 aromatic carbocycles. The van der Waals surface area contributed by atoms with Gasteiger partial charge in [0.15, 0.2) is 0 Å². The van der Waals surface area contributed by atoms with Crippen molar-refractivity contribution in [3.63, 3.8) is 0 Å². The molecule has 96 valence electrons. The maximum atomic E-state index is 12.1. The molecule has 0 spiro atoms. The Bertz CT molecular complexity index is 330. The van der Waals surface area contributed by atoms with Crippen LogP contribution in [0.25, 0.3) is 0 Å². The fraction of sp³-hybridized carbons (Fsp3) is 0.600. The molecule has 0 saturated heterocycles. The molecule has 1 rings (SSSR count). The first-order valence-electron chi connectivity index (χ1n) is 4.99. The highest BCUT2D eigenvalue weighted by atomic mass is 35.6. The van der Waals surface area contributed by atoms with Gasteiger partial charge < -0.3 is 4.79 Å². The Balaban J connectivity index is 2.68. The van der Waals surface area contributed by atoms with Crippen LogP contribution < -0.4 is 0 Å². The van der Waals surface area contributed by atoms with Gasteiger partial charge >= 0.3 is 0 Å². The first-order valence-corrected chi connectivity index (χ1v) is 6.89. The summed E-state index contributed by atoms with van der Waals surface area (Å²) >= 11 is 17.6. The molecule has 0 saturated carbocycles. The zero-order valence-electron chi connectivity index (χ0n) is 9.11. The van der Waals surface area contributed by atoms with Gasteiger partial charge in [0, 0.05) is 24.9 Å². The quantitative estimate of drug-likeness (QED) is 0.347. The lowest BCUT2D eigenvalue weighted by Gasteiger charge is -2.28. The molecule has 0 fully saturated rings. The summed E-state index contributed by atoms with van der Waals surface area (Å²) in [6, 6.07) is 0. The van der Waals surface area contributed by atoms with Crippen LogP contribution in [0, 0.1) is 11.8 Å². The van der Waals surface area contributed by atoms with Gasteiger partial charge in [-0.25, -0.2) is 0 Å². The van der Waals surface area contributed by atoms with E-state index < -0.39 is 3.12 Å². The number of rotatable bonds is 3. The summed E-state index contributed by atoms with van der Waals surface area (Å²) in [5, 5.41) is 0. The van der Waals surface area contributed by atoms with E-state index in [1.165, 1.54) is 11.4 Å². The van der Waals surface area contributed by atoms with Crippen LogP contribution in [0.3, 0.4) is 0 Å². The molecule has 0 radical (unpaired) electrons. The Morgan fingerprint density at radius 1 is 1.41 bits per heavy atom. The maximum Gasteiger partial charge on any atom is 0.256 e. The van der Waals surface area contributed by atoms with E-state index in [9.17, 15) is 9.59 Å². The Labute approximate surface area is 120 Å². The van der Waals surface area contributed by atoms with Crippen molar-refractivity contribution in [2.75, 3.05) is 7.05 Å². The molecule has 1 amide bonds. The van der Waals surface area contributed by atoms with Crippen molar-refractivity contribution in [3.8, 4) is 0 Å². The van der Waals surface area contributed by atoms with Crippen LogP contribution in [0.4, 0.5) is 0 Å². The molecule has 17 heavy (non-hydrogen) atoms. The Kier molecular flexibility index (Phi) is 5.64. The number of allylic oxidation sites excluding steroid dienone is 2. The Morgan fingerprint density at radius 3 is 2.53 bits per heavy atom. The predicted octanol–water partition coefficient (Wildman–Crippen LogP) is 3.20. The highest BCUT2D eigenvalue weighted by molar-refractivity contribution is 8.03. The number of hydrogen-bond donors (Lipinski definition) is 0. The molecule has 0 aliphatic heterocycles. The third-order valence-electron chi connectivity index (χ3n) is 2.52. The van der Waals surface area contributed by atoms with E-state index in [1.807, 2.05) is 12.2 Å². The van der Waals surface area contributed by atoms with Crippen LogP contribution in [-0.4, -0.2) is 26.7 Å². The van der Waals surface area contributed by atoms with Gasteiger partial charge in [0.05, 0.1) is 5.92 Å². The zero-order valence-corrected chi connectivity index (χ0v) is 12.2. The standard InChI is InChI=1S/C10H12Cl3NO2S/c1-14(17-10(11,12)13)9(16)8-5-3-2-4-7(8)6-15/h2-3,6-8H,4-5H2,1H3. The molecule has 0 N–H and O–H groups in total. The summed E-state index contributed by atoms with van der Waals surface area (Å²) < 4.78 is -0.293. The van der Waals surface area contributed by atoms with E-state index in [2.05, 4.69) is 0 Å². The summed E-state index contributed by atoms with van der Waals surface area (Å²) in [5.41, 5.74) is 0. The smallest absolute Gasteiger partial charge is 0.256 e. The molecule has 1 aliphatic carbocycles. The molecule has 3 nitrogen and oxygen atoms in total. The second-order valence-electron chi connectivity index (χ2n) is 3.72. The lowest BCUT2D eigenvalue weighted by Crippen LogP contribution is -2.35. The topological polar surface area (TPSA) is 37.4 Å². The van der Waals surface area contributed by atoms with Crippen LogP contribution in [0.15, 0.2) is 12.2 Å².